The third-order valence-electron chi connectivity index (χ3n) is 4.00. The number of anilines is 1. The molecule has 0 fully saturated rings. The van der Waals surface area contributed by atoms with Crippen LogP contribution >= 0.6 is 0 Å². The Hall–Kier alpha value is -2.16. The molecule has 2 aromatic rings. The van der Waals surface area contributed by atoms with E-state index in [2.05, 4.69) is 13.0 Å². The maximum Gasteiger partial charge on any atom is 0.258 e. The molecule has 1 aliphatic heterocycles. The Balaban J connectivity index is 1.98. The van der Waals surface area contributed by atoms with Gasteiger partial charge >= 0.3 is 0 Å². The number of carbonyl (C=O) groups is 1. The summed E-state index contributed by atoms with van der Waals surface area (Å²) in [5.74, 6) is -0.330. The van der Waals surface area contributed by atoms with Gasteiger partial charge in [-0.25, -0.2) is 4.39 Å². The van der Waals surface area contributed by atoms with Crippen LogP contribution in [0.3, 0.4) is 0 Å². The first-order valence-corrected chi connectivity index (χ1v) is 7.24. The van der Waals surface area contributed by atoms with Crippen molar-refractivity contribution in [3.8, 4) is 0 Å². The number of amides is 1. The van der Waals surface area contributed by atoms with Crippen LogP contribution in [0.4, 0.5) is 10.1 Å². The molecule has 0 spiro atoms. The number of aryl methyl sites for hydroxylation is 3. The highest BCUT2D eigenvalue weighted by Gasteiger charge is 2.23. The number of nitrogens with zero attached hydrogens (tertiary/aromatic N) is 1. The summed E-state index contributed by atoms with van der Waals surface area (Å²) in [4.78, 5) is 14.5. The van der Waals surface area contributed by atoms with Crippen molar-refractivity contribution in [3.63, 3.8) is 0 Å². The predicted octanol–water partition coefficient (Wildman–Crippen LogP) is 4.04. The van der Waals surface area contributed by atoms with Gasteiger partial charge in [-0.3, -0.25) is 4.79 Å². The average Bonchev–Trinajstić information content (AvgIpc) is 2.48. The van der Waals surface area contributed by atoms with Crippen LogP contribution in [-0.4, -0.2) is 12.5 Å². The lowest BCUT2D eigenvalue weighted by molar-refractivity contribution is 0.0985. The Morgan fingerprint density at radius 2 is 1.95 bits per heavy atom. The standard InChI is InChI=1S/C18H18FNO/c1-12-5-8-17-14(10-12)4-3-9-20(17)18(21)15-6-7-16(19)13(2)11-15/h5-8,10-11H,3-4,9H2,1-2H3. The summed E-state index contributed by atoms with van der Waals surface area (Å²) in [6, 6.07) is 10.7. The van der Waals surface area contributed by atoms with E-state index in [4.69, 9.17) is 0 Å². The highest BCUT2D eigenvalue weighted by atomic mass is 19.1. The van der Waals surface area contributed by atoms with Crippen LogP contribution in [0, 0.1) is 19.7 Å². The van der Waals surface area contributed by atoms with E-state index in [1.165, 1.54) is 17.2 Å². The maximum absolute atomic E-state index is 13.4. The van der Waals surface area contributed by atoms with E-state index in [0.717, 1.165) is 18.5 Å². The van der Waals surface area contributed by atoms with Gasteiger partial charge in [0.1, 0.15) is 5.82 Å². The molecule has 0 radical (unpaired) electrons. The van der Waals surface area contributed by atoms with E-state index in [-0.39, 0.29) is 11.7 Å². The lowest BCUT2D eigenvalue weighted by atomic mass is 9.98. The fraction of sp³-hybridized carbons (Fsp3) is 0.278. The fourth-order valence-electron chi connectivity index (χ4n) is 2.87. The van der Waals surface area contributed by atoms with E-state index >= 15 is 0 Å². The van der Waals surface area contributed by atoms with Gasteiger partial charge in [-0.05, 0) is 62.1 Å². The van der Waals surface area contributed by atoms with Gasteiger partial charge in [0.15, 0.2) is 0 Å². The molecule has 1 aliphatic rings. The van der Waals surface area contributed by atoms with E-state index in [0.29, 0.717) is 17.7 Å². The highest BCUT2D eigenvalue weighted by Crippen LogP contribution is 2.29. The van der Waals surface area contributed by atoms with Gasteiger partial charge in [0.2, 0.25) is 0 Å². The zero-order valence-electron chi connectivity index (χ0n) is 12.3. The van der Waals surface area contributed by atoms with Crippen molar-refractivity contribution in [1.29, 1.82) is 0 Å². The first kappa shape index (κ1) is 13.8. The Morgan fingerprint density at radius 3 is 2.71 bits per heavy atom. The Bertz CT molecular complexity index is 708. The maximum atomic E-state index is 13.4. The largest absolute Gasteiger partial charge is 0.308 e. The van der Waals surface area contributed by atoms with Crippen molar-refractivity contribution in [2.24, 2.45) is 0 Å². The summed E-state index contributed by atoms with van der Waals surface area (Å²) in [6.07, 6.45) is 1.96. The Morgan fingerprint density at radius 1 is 1.14 bits per heavy atom. The second kappa shape index (κ2) is 5.32. The molecular weight excluding hydrogens is 265 g/mol. The molecule has 0 unspecified atom stereocenters. The molecular formula is C18H18FNO. The molecule has 1 amide bonds. The summed E-state index contributed by atoms with van der Waals surface area (Å²) in [7, 11) is 0. The zero-order valence-corrected chi connectivity index (χ0v) is 12.3. The molecule has 21 heavy (non-hydrogen) atoms. The third kappa shape index (κ3) is 2.56. The van der Waals surface area contributed by atoms with Gasteiger partial charge in [-0.15, -0.1) is 0 Å². The van der Waals surface area contributed by atoms with E-state index in [1.807, 2.05) is 17.0 Å². The molecule has 0 saturated carbocycles. The van der Waals surface area contributed by atoms with Gasteiger partial charge in [0.25, 0.3) is 5.91 Å². The molecule has 108 valence electrons. The summed E-state index contributed by atoms with van der Waals surface area (Å²) in [5.41, 5.74) is 4.46. The third-order valence-corrected chi connectivity index (χ3v) is 4.00. The first-order valence-electron chi connectivity index (χ1n) is 7.24. The molecule has 0 bridgehead atoms. The second-order valence-electron chi connectivity index (χ2n) is 5.66. The zero-order chi connectivity index (χ0) is 15.0. The summed E-state index contributed by atoms with van der Waals surface area (Å²) in [5, 5.41) is 0. The molecule has 2 aromatic carbocycles. The first-order chi connectivity index (χ1) is 10.1. The molecule has 0 aliphatic carbocycles. The number of halogens is 1. The van der Waals surface area contributed by atoms with Crippen molar-refractivity contribution >= 4 is 11.6 Å². The quantitative estimate of drug-likeness (QED) is 0.773. The van der Waals surface area contributed by atoms with Crippen LogP contribution in [-0.2, 0) is 6.42 Å². The van der Waals surface area contributed by atoms with Gasteiger partial charge in [-0.2, -0.15) is 0 Å². The van der Waals surface area contributed by atoms with Crippen molar-refractivity contribution in [1.82, 2.24) is 0 Å². The number of hydrogen-bond donors (Lipinski definition) is 0. The van der Waals surface area contributed by atoms with Crippen molar-refractivity contribution in [2.45, 2.75) is 26.7 Å². The molecule has 0 N–H and O–H groups in total. The van der Waals surface area contributed by atoms with Gasteiger partial charge in [0, 0.05) is 17.8 Å². The fourth-order valence-corrected chi connectivity index (χ4v) is 2.87. The normalized spacial score (nSPS) is 14.0. The van der Waals surface area contributed by atoms with E-state index in [1.54, 1.807) is 19.1 Å². The van der Waals surface area contributed by atoms with Crippen LogP contribution < -0.4 is 4.90 Å². The van der Waals surface area contributed by atoms with Crippen molar-refractivity contribution in [3.05, 3.63) is 64.5 Å². The van der Waals surface area contributed by atoms with Crippen LogP contribution in [0.15, 0.2) is 36.4 Å². The number of fused-ring (bicyclic) bond motifs is 1. The monoisotopic (exact) mass is 283 g/mol. The van der Waals surface area contributed by atoms with Gasteiger partial charge in [0.05, 0.1) is 0 Å². The lowest BCUT2D eigenvalue weighted by Crippen LogP contribution is -2.35. The minimum absolute atomic E-state index is 0.0529. The van der Waals surface area contributed by atoms with Gasteiger partial charge < -0.3 is 4.90 Å². The summed E-state index contributed by atoms with van der Waals surface area (Å²) < 4.78 is 13.4. The molecule has 0 atom stereocenters. The van der Waals surface area contributed by atoms with Crippen LogP contribution in [0.5, 0.6) is 0 Å². The minimum atomic E-state index is -0.277. The van der Waals surface area contributed by atoms with Crippen LogP contribution in [0.1, 0.15) is 33.5 Å². The second-order valence-corrected chi connectivity index (χ2v) is 5.66. The minimum Gasteiger partial charge on any atom is -0.308 e. The highest BCUT2D eigenvalue weighted by molar-refractivity contribution is 6.06. The molecule has 2 nitrogen and oxygen atoms in total. The predicted molar refractivity (Wildman–Crippen MR) is 82.3 cm³/mol. The number of benzene rings is 2. The molecule has 1 heterocycles. The molecule has 0 aromatic heterocycles. The molecule has 3 heteroatoms. The van der Waals surface area contributed by atoms with E-state index < -0.39 is 0 Å². The molecule has 0 saturated heterocycles. The lowest BCUT2D eigenvalue weighted by Gasteiger charge is -2.30. The Kier molecular flexibility index (Phi) is 3.50. The summed E-state index contributed by atoms with van der Waals surface area (Å²) >= 11 is 0. The van der Waals surface area contributed by atoms with Gasteiger partial charge in [-0.1, -0.05) is 17.7 Å². The summed E-state index contributed by atoms with van der Waals surface area (Å²) in [6.45, 7) is 4.45. The average molecular weight is 283 g/mol. The van der Waals surface area contributed by atoms with Crippen LogP contribution in [0.25, 0.3) is 0 Å². The number of carbonyl (C=O) groups excluding carboxylic acids is 1. The number of hydrogen-bond acceptors (Lipinski definition) is 1. The smallest absolute Gasteiger partial charge is 0.258 e. The molecule has 3 rings (SSSR count). The number of rotatable bonds is 1. The van der Waals surface area contributed by atoms with Crippen molar-refractivity contribution < 1.29 is 9.18 Å². The van der Waals surface area contributed by atoms with E-state index in [9.17, 15) is 9.18 Å². The Labute approximate surface area is 124 Å². The van der Waals surface area contributed by atoms with Crippen LogP contribution in [0.2, 0.25) is 0 Å². The topological polar surface area (TPSA) is 20.3 Å². The van der Waals surface area contributed by atoms with Crippen molar-refractivity contribution in [2.75, 3.05) is 11.4 Å². The SMILES string of the molecule is Cc1ccc2c(c1)CCCN2C(=O)c1ccc(F)c(C)c1.